The maximum atomic E-state index is 11.2. The van der Waals surface area contributed by atoms with Gasteiger partial charge in [-0.1, -0.05) is 0 Å². The van der Waals surface area contributed by atoms with Crippen molar-refractivity contribution in [3.05, 3.63) is 3.70 Å². The summed E-state index contributed by atoms with van der Waals surface area (Å²) in [5.74, 6) is 0.264. The van der Waals surface area contributed by atoms with E-state index in [4.69, 9.17) is 4.74 Å². The number of aromatic nitrogens is 2. The minimum Gasteiger partial charge on any atom is -0.444 e. The van der Waals surface area contributed by atoms with E-state index in [1.807, 2.05) is 22.6 Å². The largest absolute Gasteiger partial charge is 0.444 e. The first-order valence-electron chi connectivity index (χ1n) is 3.86. The number of nitrogens with one attached hydrogen (secondary N) is 1. The average molecular weight is 311 g/mol. The number of nitrogens with zero attached hydrogens (tertiary/aromatic N) is 2. The van der Waals surface area contributed by atoms with Crippen molar-refractivity contribution in [2.45, 2.75) is 26.4 Å². The summed E-state index contributed by atoms with van der Waals surface area (Å²) in [6, 6.07) is 0. The molecule has 0 saturated carbocycles. The van der Waals surface area contributed by atoms with Gasteiger partial charge >= 0.3 is 6.09 Å². The fourth-order valence-corrected chi connectivity index (χ4v) is 0.974. The molecule has 0 saturated heterocycles. The number of carbonyl (C=O) groups is 1. The van der Waals surface area contributed by atoms with Crippen molar-refractivity contribution < 1.29 is 14.2 Å². The minimum absolute atomic E-state index is 0.264. The van der Waals surface area contributed by atoms with Crippen LogP contribution in [0.25, 0.3) is 0 Å². The quantitative estimate of drug-likeness (QED) is 0.803. The Hall–Kier alpha value is -0.860. The zero-order chi connectivity index (χ0) is 10.8. The number of ether oxygens (including phenoxy) is 1. The van der Waals surface area contributed by atoms with Crippen molar-refractivity contribution in [1.29, 1.82) is 0 Å². The maximum Gasteiger partial charge on any atom is 0.413 e. The Bertz CT molecular complexity index is 331. The van der Waals surface area contributed by atoms with Crippen LogP contribution in [0.3, 0.4) is 0 Å². The van der Waals surface area contributed by atoms with E-state index < -0.39 is 11.7 Å². The second kappa shape index (κ2) is 4.11. The fourth-order valence-electron chi connectivity index (χ4n) is 0.653. The van der Waals surface area contributed by atoms with Crippen LogP contribution in [-0.4, -0.2) is 22.0 Å². The number of amides is 1. The van der Waals surface area contributed by atoms with Gasteiger partial charge in [-0.15, -0.1) is 0 Å². The molecule has 0 radical (unpaired) electrons. The van der Waals surface area contributed by atoms with Gasteiger partial charge in [0.05, 0.1) is 0 Å². The third-order valence-corrected chi connectivity index (χ3v) is 1.78. The van der Waals surface area contributed by atoms with E-state index in [0.717, 1.165) is 0 Å². The molecule has 6 nitrogen and oxygen atoms in total. The third kappa shape index (κ3) is 3.48. The van der Waals surface area contributed by atoms with Gasteiger partial charge < -0.3 is 4.74 Å². The number of rotatable bonds is 1. The molecule has 0 fully saturated rings. The van der Waals surface area contributed by atoms with Gasteiger partial charge in [0.2, 0.25) is 5.82 Å². The molecule has 0 aromatic carbocycles. The standard InChI is InChI=1S/C7H10IN3O3/c1-7(2,3)13-6(12)9-5-4(8)10-14-11-5/h1-3H3,(H,9,11,12). The molecule has 7 heteroatoms. The highest BCUT2D eigenvalue weighted by Gasteiger charge is 2.18. The van der Waals surface area contributed by atoms with Gasteiger partial charge in [0, 0.05) is 0 Å². The second-order valence-electron chi connectivity index (χ2n) is 3.53. The molecule has 0 aliphatic rings. The summed E-state index contributed by atoms with van der Waals surface area (Å²) < 4.78 is 9.88. The molecule has 0 aliphatic heterocycles. The number of hydrogen-bond acceptors (Lipinski definition) is 5. The van der Waals surface area contributed by atoms with Gasteiger partial charge in [-0.2, -0.15) is 0 Å². The molecule has 78 valence electrons. The summed E-state index contributed by atoms with van der Waals surface area (Å²) in [5.41, 5.74) is -0.535. The second-order valence-corrected chi connectivity index (χ2v) is 4.55. The zero-order valence-electron chi connectivity index (χ0n) is 8.00. The molecule has 1 rings (SSSR count). The SMILES string of the molecule is CC(C)(C)OC(=O)Nc1nonc1I. The molecule has 0 bridgehead atoms. The first-order chi connectivity index (χ1) is 6.38. The Morgan fingerprint density at radius 1 is 1.50 bits per heavy atom. The highest BCUT2D eigenvalue weighted by atomic mass is 127. The molecule has 1 aromatic heterocycles. The Kier molecular flexibility index (Phi) is 3.29. The highest BCUT2D eigenvalue weighted by Crippen LogP contribution is 2.14. The summed E-state index contributed by atoms with van der Waals surface area (Å²) in [6.45, 7) is 5.33. The van der Waals surface area contributed by atoms with Crippen molar-refractivity contribution in [3.63, 3.8) is 0 Å². The molecular weight excluding hydrogens is 301 g/mol. The summed E-state index contributed by atoms with van der Waals surface area (Å²) >= 11 is 1.89. The highest BCUT2D eigenvalue weighted by molar-refractivity contribution is 14.1. The Morgan fingerprint density at radius 2 is 2.14 bits per heavy atom. The molecule has 0 unspecified atom stereocenters. The van der Waals surface area contributed by atoms with Crippen molar-refractivity contribution in [2.24, 2.45) is 0 Å². The van der Waals surface area contributed by atoms with Crippen LogP contribution in [0.5, 0.6) is 0 Å². The normalized spacial score (nSPS) is 11.1. The summed E-state index contributed by atoms with van der Waals surface area (Å²) in [4.78, 5) is 11.2. The van der Waals surface area contributed by atoms with Gasteiger partial charge in [-0.25, -0.2) is 9.42 Å². The van der Waals surface area contributed by atoms with Crippen LogP contribution in [0.2, 0.25) is 0 Å². The first kappa shape index (κ1) is 11.2. The molecule has 0 aliphatic carbocycles. The summed E-state index contributed by atoms with van der Waals surface area (Å²) in [5, 5.41) is 9.39. The first-order valence-corrected chi connectivity index (χ1v) is 4.94. The minimum atomic E-state index is -0.578. The molecule has 0 spiro atoms. The van der Waals surface area contributed by atoms with Crippen molar-refractivity contribution in [3.8, 4) is 0 Å². The van der Waals surface area contributed by atoms with Crippen molar-refractivity contribution >= 4 is 34.5 Å². The lowest BCUT2D eigenvalue weighted by molar-refractivity contribution is 0.0634. The topological polar surface area (TPSA) is 77.2 Å². The van der Waals surface area contributed by atoms with Gasteiger partial charge in [0.15, 0.2) is 3.70 Å². The monoisotopic (exact) mass is 311 g/mol. The Balaban J connectivity index is 2.54. The molecule has 1 aromatic rings. The van der Waals surface area contributed by atoms with E-state index >= 15 is 0 Å². The third-order valence-electron chi connectivity index (χ3n) is 1.07. The number of hydrogen-bond donors (Lipinski definition) is 1. The molecule has 1 amide bonds. The molecule has 14 heavy (non-hydrogen) atoms. The van der Waals surface area contributed by atoms with Crippen LogP contribution < -0.4 is 5.32 Å². The molecular formula is C7H10IN3O3. The lowest BCUT2D eigenvalue weighted by Gasteiger charge is -2.18. The van der Waals surface area contributed by atoms with Crippen LogP contribution in [0, 0.1) is 3.70 Å². The van der Waals surface area contributed by atoms with Gasteiger partial charge in [-0.05, 0) is 53.7 Å². The van der Waals surface area contributed by atoms with Crippen molar-refractivity contribution in [1.82, 2.24) is 10.3 Å². The predicted molar refractivity (Wildman–Crippen MR) is 56.9 cm³/mol. The number of anilines is 1. The molecule has 0 atom stereocenters. The average Bonchev–Trinajstić information content (AvgIpc) is 2.32. The van der Waals surface area contributed by atoms with Crippen molar-refractivity contribution in [2.75, 3.05) is 5.32 Å². The molecule has 1 N–H and O–H groups in total. The summed E-state index contributed by atoms with van der Waals surface area (Å²) in [6.07, 6.45) is -0.578. The fraction of sp³-hybridized carbons (Fsp3) is 0.571. The smallest absolute Gasteiger partial charge is 0.413 e. The predicted octanol–water partition coefficient (Wildman–Crippen LogP) is 2.02. The maximum absolute atomic E-state index is 11.2. The van der Waals surface area contributed by atoms with Crippen LogP contribution in [0.4, 0.5) is 10.6 Å². The number of carbonyl (C=O) groups excluding carboxylic acids is 1. The lowest BCUT2D eigenvalue weighted by atomic mass is 10.2. The van der Waals surface area contributed by atoms with Crippen LogP contribution in [0.1, 0.15) is 20.8 Å². The number of halogens is 1. The van der Waals surface area contributed by atoms with Gasteiger partial charge in [0.1, 0.15) is 5.60 Å². The lowest BCUT2D eigenvalue weighted by Crippen LogP contribution is -2.27. The van der Waals surface area contributed by atoms with E-state index in [1.54, 1.807) is 20.8 Å². The van der Waals surface area contributed by atoms with E-state index in [9.17, 15) is 4.79 Å². The van der Waals surface area contributed by atoms with Crippen LogP contribution in [-0.2, 0) is 4.74 Å². The van der Waals surface area contributed by atoms with Gasteiger partial charge in [0.25, 0.3) is 0 Å². The van der Waals surface area contributed by atoms with Crippen LogP contribution in [0.15, 0.2) is 4.63 Å². The zero-order valence-corrected chi connectivity index (χ0v) is 10.2. The van der Waals surface area contributed by atoms with E-state index in [-0.39, 0.29) is 5.82 Å². The van der Waals surface area contributed by atoms with Crippen LogP contribution >= 0.6 is 22.6 Å². The molecule has 1 heterocycles. The van der Waals surface area contributed by atoms with Gasteiger partial charge in [-0.3, -0.25) is 5.32 Å². The summed E-state index contributed by atoms with van der Waals surface area (Å²) in [7, 11) is 0. The Labute approximate surface area is 94.5 Å². The van der Waals surface area contributed by atoms with E-state index in [2.05, 4.69) is 20.3 Å². The van der Waals surface area contributed by atoms with E-state index in [1.165, 1.54) is 0 Å². The Morgan fingerprint density at radius 3 is 2.57 bits per heavy atom. The van der Waals surface area contributed by atoms with E-state index in [0.29, 0.717) is 3.70 Å².